The van der Waals surface area contributed by atoms with Crippen LogP contribution in [0.3, 0.4) is 0 Å². The molecule has 0 saturated carbocycles. The van der Waals surface area contributed by atoms with Crippen molar-refractivity contribution in [2.45, 2.75) is 18.6 Å². The highest BCUT2D eigenvalue weighted by Gasteiger charge is 2.31. The highest BCUT2D eigenvalue weighted by molar-refractivity contribution is 9.10. The lowest BCUT2D eigenvalue weighted by molar-refractivity contribution is 0.107. The van der Waals surface area contributed by atoms with Crippen molar-refractivity contribution in [3.8, 4) is 0 Å². The van der Waals surface area contributed by atoms with Gasteiger partial charge in [-0.15, -0.1) is 0 Å². The molecule has 3 rings (SSSR count). The Hall–Kier alpha value is -1.47. The van der Waals surface area contributed by atoms with Crippen LogP contribution in [0.25, 0.3) is 0 Å². The van der Waals surface area contributed by atoms with Crippen LogP contribution in [0.1, 0.15) is 18.1 Å². The van der Waals surface area contributed by atoms with E-state index in [4.69, 9.17) is 4.74 Å². The van der Waals surface area contributed by atoms with E-state index in [9.17, 15) is 0 Å². The molecule has 6 nitrogen and oxygen atoms in total. The highest BCUT2D eigenvalue weighted by atomic mass is 79.9. The fraction of sp³-hybridized carbons (Fsp3) is 0.417. The van der Waals surface area contributed by atoms with Gasteiger partial charge in [0.1, 0.15) is 6.10 Å². The summed E-state index contributed by atoms with van der Waals surface area (Å²) in [4.78, 5) is 8.46. The average Bonchev–Trinajstić information content (AvgIpc) is 3.01. The van der Waals surface area contributed by atoms with E-state index in [2.05, 4.69) is 36.3 Å². The summed E-state index contributed by atoms with van der Waals surface area (Å²) in [6, 6.07) is 0.172. The van der Waals surface area contributed by atoms with Gasteiger partial charge in [-0.1, -0.05) is 0 Å². The smallest absolute Gasteiger partial charge is 0.222 e. The van der Waals surface area contributed by atoms with Gasteiger partial charge in [0.05, 0.1) is 16.7 Å². The van der Waals surface area contributed by atoms with Crippen LogP contribution >= 0.6 is 15.9 Å². The van der Waals surface area contributed by atoms with Crippen LogP contribution in [0.2, 0.25) is 0 Å². The standard InChI is InChI=1S/C12H14BrN5O/c1-18-7-8(4-16-18)11-10(2-3-19-11)17-12-14-5-9(13)6-15-12/h4-7,10-11H,2-3H2,1H3,(H,14,15,17)/t10-,11+/m0/s1. The van der Waals surface area contributed by atoms with Gasteiger partial charge < -0.3 is 10.1 Å². The summed E-state index contributed by atoms with van der Waals surface area (Å²) in [6.07, 6.45) is 8.20. The first-order valence-corrected chi connectivity index (χ1v) is 6.86. The van der Waals surface area contributed by atoms with Gasteiger partial charge >= 0.3 is 0 Å². The van der Waals surface area contributed by atoms with Gasteiger partial charge in [-0.2, -0.15) is 5.10 Å². The molecule has 1 aliphatic heterocycles. The predicted molar refractivity (Wildman–Crippen MR) is 73.7 cm³/mol. The Bertz CT molecular complexity index is 556. The Morgan fingerprint density at radius 1 is 1.37 bits per heavy atom. The van der Waals surface area contributed by atoms with E-state index in [0.29, 0.717) is 5.95 Å². The minimum Gasteiger partial charge on any atom is -0.371 e. The molecule has 19 heavy (non-hydrogen) atoms. The molecular formula is C12H14BrN5O. The number of aryl methyl sites for hydroxylation is 1. The molecule has 0 unspecified atom stereocenters. The van der Waals surface area contributed by atoms with Gasteiger partial charge in [0.15, 0.2) is 0 Å². The fourth-order valence-electron chi connectivity index (χ4n) is 2.21. The molecule has 3 heterocycles. The van der Waals surface area contributed by atoms with Crippen LogP contribution < -0.4 is 5.32 Å². The first-order chi connectivity index (χ1) is 9.22. The lowest BCUT2D eigenvalue weighted by Crippen LogP contribution is -2.24. The van der Waals surface area contributed by atoms with Crippen molar-refractivity contribution in [2.75, 3.05) is 11.9 Å². The number of ether oxygens (including phenoxy) is 1. The molecule has 0 amide bonds. The highest BCUT2D eigenvalue weighted by Crippen LogP contribution is 2.30. The molecule has 1 saturated heterocycles. The van der Waals surface area contributed by atoms with Crippen molar-refractivity contribution in [3.63, 3.8) is 0 Å². The van der Waals surface area contributed by atoms with E-state index in [1.54, 1.807) is 17.1 Å². The molecule has 2 aromatic heterocycles. The lowest BCUT2D eigenvalue weighted by Gasteiger charge is -2.18. The van der Waals surface area contributed by atoms with Crippen LogP contribution in [0.15, 0.2) is 29.3 Å². The van der Waals surface area contributed by atoms with Crippen molar-refractivity contribution < 1.29 is 4.74 Å². The summed E-state index contributed by atoms with van der Waals surface area (Å²) in [6.45, 7) is 0.730. The van der Waals surface area contributed by atoms with Gasteiger partial charge in [0.2, 0.25) is 5.95 Å². The number of aromatic nitrogens is 4. The SMILES string of the molecule is Cn1cc([C@H]2OCC[C@@H]2Nc2ncc(Br)cn2)cn1. The third kappa shape index (κ3) is 2.76. The Balaban J connectivity index is 1.74. The van der Waals surface area contributed by atoms with Crippen LogP contribution in [-0.4, -0.2) is 32.4 Å². The maximum atomic E-state index is 5.78. The first-order valence-electron chi connectivity index (χ1n) is 6.06. The number of nitrogens with one attached hydrogen (secondary N) is 1. The summed E-state index contributed by atoms with van der Waals surface area (Å²) in [5.74, 6) is 0.618. The minimum atomic E-state index is 0.000877. The van der Waals surface area contributed by atoms with E-state index in [1.807, 2.05) is 19.4 Å². The van der Waals surface area contributed by atoms with Gasteiger partial charge in [0.25, 0.3) is 0 Å². The molecule has 1 aliphatic rings. The zero-order valence-electron chi connectivity index (χ0n) is 10.5. The molecule has 1 N–H and O–H groups in total. The molecule has 1 fully saturated rings. The van der Waals surface area contributed by atoms with Crippen molar-refractivity contribution in [1.29, 1.82) is 0 Å². The number of hydrogen-bond donors (Lipinski definition) is 1. The summed E-state index contributed by atoms with van der Waals surface area (Å²) < 4.78 is 8.43. The van der Waals surface area contributed by atoms with E-state index in [1.165, 1.54) is 0 Å². The number of nitrogens with zero attached hydrogens (tertiary/aromatic N) is 4. The van der Waals surface area contributed by atoms with E-state index < -0.39 is 0 Å². The summed E-state index contributed by atoms with van der Waals surface area (Å²) in [5.41, 5.74) is 1.08. The predicted octanol–water partition coefficient (Wildman–Crippen LogP) is 1.91. The maximum absolute atomic E-state index is 5.78. The second-order valence-corrected chi connectivity index (χ2v) is 5.42. The number of rotatable bonds is 3. The molecule has 0 aromatic carbocycles. The normalized spacial score (nSPS) is 22.6. The second-order valence-electron chi connectivity index (χ2n) is 4.50. The average molecular weight is 324 g/mol. The molecule has 0 bridgehead atoms. The van der Waals surface area contributed by atoms with Gasteiger partial charge in [-0.25, -0.2) is 9.97 Å². The van der Waals surface area contributed by atoms with Gasteiger partial charge in [-0.05, 0) is 22.4 Å². The van der Waals surface area contributed by atoms with E-state index >= 15 is 0 Å². The minimum absolute atomic E-state index is 0.000877. The summed E-state index contributed by atoms with van der Waals surface area (Å²) in [7, 11) is 1.90. The number of halogens is 1. The number of anilines is 1. The van der Waals surface area contributed by atoms with Crippen LogP contribution in [0.4, 0.5) is 5.95 Å². The summed E-state index contributed by atoms with van der Waals surface area (Å²) >= 11 is 3.32. The molecule has 2 aromatic rings. The van der Waals surface area contributed by atoms with E-state index in [-0.39, 0.29) is 12.1 Å². The van der Waals surface area contributed by atoms with Crippen molar-refractivity contribution in [3.05, 3.63) is 34.8 Å². The molecule has 2 atom stereocenters. The molecule has 0 spiro atoms. The third-order valence-electron chi connectivity index (χ3n) is 3.08. The Morgan fingerprint density at radius 3 is 2.84 bits per heavy atom. The van der Waals surface area contributed by atoms with Crippen LogP contribution in [0.5, 0.6) is 0 Å². The quantitative estimate of drug-likeness (QED) is 0.934. The second kappa shape index (κ2) is 5.26. The van der Waals surface area contributed by atoms with Gasteiger partial charge in [0, 0.05) is 37.8 Å². The Kier molecular flexibility index (Phi) is 3.48. The van der Waals surface area contributed by atoms with E-state index in [0.717, 1.165) is 23.1 Å². The van der Waals surface area contributed by atoms with Crippen LogP contribution in [-0.2, 0) is 11.8 Å². The largest absolute Gasteiger partial charge is 0.371 e. The summed E-state index contributed by atoms with van der Waals surface area (Å²) in [5, 5.41) is 7.51. The zero-order valence-corrected chi connectivity index (χ0v) is 12.0. The molecule has 7 heteroatoms. The van der Waals surface area contributed by atoms with Gasteiger partial charge in [-0.3, -0.25) is 4.68 Å². The zero-order chi connectivity index (χ0) is 13.2. The lowest BCUT2D eigenvalue weighted by atomic mass is 10.1. The number of hydrogen-bond acceptors (Lipinski definition) is 5. The van der Waals surface area contributed by atoms with Crippen molar-refractivity contribution >= 4 is 21.9 Å². The molecular weight excluding hydrogens is 310 g/mol. The maximum Gasteiger partial charge on any atom is 0.222 e. The monoisotopic (exact) mass is 323 g/mol. The Labute approximate surface area is 119 Å². The topological polar surface area (TPSA) is 64.9 Å². The van der Waals surface area contributed by atoms with Crippen molar-refractivity contribution in [2.24, 2.45) is 7.05 Å². The fourth-order valence-corrected chi connectivity index (χ4v) is 2.41. The first kappa shape index (κ1) is 12.6. The van der Waals surface area contributed by atoms with Crippen LogP contribution in [0, 0.1) is 0 Å². The molecule has 100 valence electrons. The molecule has 0 radical (unpaired) electrons. The molecule has 0 aliphatic carbocycles. The third-order valence-corrected chi connectivity index (χ3v) is 3.49. The van der Waals surface area contributed by atoms with Crippen molar-refractivity contribution in [1.82, 2.24) is 19.7 Å². The Morgan fingerprint density at radius 2 is 2.16 bits per heavy atom.